The second kappa shape index (κ2) is 34.7. The summed E-state index contributed by atoms with van der Waals surface area (Å²) in [4.78, 5) is 108. The van der Waals surface area contributed by atoms with Gasteiger partial charge in [-0.1, -0.05) is 98.1 Å². The topological polar surface area (TPSA) is 264 Å². The molecular weight excluding hydrogens is 1010 g/mol. The number of unbranched alkanes of at least 4 members (excludes halogenated alkanes) is 3. The van der Waals surface area contributed by atoms with Crippen molar-refractivity contribution in [2.75, 3.05) is 54.6 Å². The minimum atomic E-state index is -1.07. The number of thiazole rings is 1. The lowest BCUT2D eigenvalue weighted by Crippen LogP contribution is -2.60. The van der Waals surface area contributed by atoms with Gasteiger partial charge in [0.2, 0.25) is 35.4 Å². The van der Waals surface area contributed by atoms with Gasteiger partial charge in [-0.25, -0.2) is 10.9 Å². The molecule has 21 heteroatoms. The standard InChI is InChI=1S/C56H93N9O11S/c1-12-38(6)50(44(74-10)35-46(67)65-31-20-24-43(65)51(75-11)39(7)52(70)61-42(55-59-29-33-77-55)34-40-22-16-15-17-23-40)64(9)56(73)48(36(2)3)62-54(72)49(37(4)5)63(8)30-19-14-13-18-28-58-53(71)41(26-27-47(68)69)60-45(66)25-21-32-76-57/h15-17,22-23,29,33,36-39,41-44,48-51H,12-14,18-21,24-28,30-32,34-35,57H2,1-11H3,(H,58,71)(H,60,66)(H,61,70)(H,62,72)(H,68,69)/t38-,39+,41-,42-,43-,44+,48-,49-,50-,51+/m0/s1. The number of carbonyl (C=O) groups is 7. The van der Waals surface area contributed by atoms with Crippen molar-refractivity contribution in [1.82, 2.24) is 41.0 Å². The van der Waals surface area contributed by atoms with E-state index in [-0.39, 0.29) is 85.8 Å². The fourth-order valence-corrected chi connectivity index (χ4v) is 11.2. The normalized spacial score (nSPS) is 17.2. The first-order valence-corrected chi connectivity index (χ1v) is 28.5. The molecule has 1 aromatic carbocycles. The average Bonchev–Trinajstić information content (AvgIpc) is 4.12. The Morgan fingerprint density at radius 1 is 0.870 bits per heavy atom. The highest BCUT2D eigenvalue weighted by Gasteiger charge is 2.43. The summed E-state index contributed by atoms with van der Waals surface area (Å²) in [5, 5.41) is 23.6. The van der Waals surface area contributed by atoms with Crippen LogP contribution in [0.15, 0.2) is 41.9 Å². The summed E-state index contributed by atoms with van der Waals surface area (Å²) in [6.45, 7) is 15.3. The molecule has 0 radical (unpaired) electrons. The van der Waals surface area contributed by atoms with Crippen molar-refractivity contribution in [1.29, 1.82) is 0 Å². The van der Waals surface area contributed by atoms with Gasteiger partial charge in [-0.3, -0.25) is 38.5 Å². The smallest absolute Gasteiger partial charge is 0.303 e. The van der Waals surface area contributed by atoms with Crippen LogP contribution < -0.4 is 27.2 Å². The first kappa shape index (κ1) is 66.2. The predicted octanol–water partition coefficient (Wildman–Crippen LogP) is 5.26. The molecule has 434 valence electrons. The Morgan fingerprint density at radius 2 is 1.57 bits per heavy atom. The molecule has 0 saturated carbocycles. The number of aliphatic carboxylic acids is 1. The van der Waals surface area contributed by atoms with Crippen LogP contribution in [0, 0.1) is 23.7 Å². The van der Waals surface area contributed by atoms with E-state index in [0.717, 1.165) is 36.3 Å². The number of rotatable bonds is 37. The summed E-state index contributed by atoms with van der Waals surface area (Å²) in [6, 6.07) is 6.38. The second-order valence-corrected chi connectivity index (χ2v) is 22.3. The Bertz CT molecular complexity index is 2100. The molecule has 10 atom stereocenters. The van der Waals surface area contributed by atoms with Gasteiger partial charge < -0.3 is 50.5 Å². The molecule has 3 rings (SSSR count). The van der Waals surface area contributed by atoms with E-state index in [1.165, 1.54) is 11.3 Å². The molecule has 20 nitrogen and oxygen atoms in total. The van der Waals surface area contributed by atoms with Crippen molar-refractivity contribution >= 4 is 52.7 Å². The highest BCUT2D eigenvalue weighted by Crippen LogP contribution is 2.31. The average molecular weight is 1100 g/mol. The molecule has 0 spiro atoms. The zero-order chi connectivity index (χ0) is 57.2. The third kappa shape index (κ3) is 21.3. The van der Waals surface area contributed by atoms with Crippen LogP contribution in [0.1, 0.15) is 142 Å². The van der Waals surface area contributed by atoms with Crippen LogP contribution in [0.5, 0.6) is 0 Å². The number of benzene rings is 1. The molecule has 1 aromatic heterocycles. The molecule has 77 heavy (non-hydrogen) atoms. The first-order valence-electron chi connectivity index (χ1n) is 27.7. The lowest BCUT2D eigenvalue weighted by Gasteiger charge is -2.41. The summed E-state index contributed by atoms with van der Waals surface area (Å²) < 4.78 is 12.2. The zero-order valence-corrected chi connectivity index (χ0v) is 48.6. The highest BCUT2D eigenvalue weighted by atomic mass is 32.1. The van der Waals surface area contributed by atoms with Crippen LogP contribution in [0.3, 0.4) is 0 Å². The summed E-state index contributed by atoms with van der Waals surface area (Å²) in [5.74, 6) is 1.22. The van der Waals surface area contributed by atoms with Gasteiger partial charge in [-0.2, -0.15) is 0 Å². The molecule has 0 unspecified atom stereocenters. The Balaban J connectivity index is 1.63. The SMILES string of the molecule is CC[C@H](C)[C@@H]([C@@H](CC(=O)N1CCC[C@H]1[C@H](OC)[C@@H](C)C(=O)N[C@@H](Cc1ccccc1)c1nccs1)OC)N(C)C(=O)[C@@H](NC(=O)[C@H](C(C)C)N(C)CCCCCCNC(=O)[C@H](CCC(=O)O)NC(=O)CCCON)C(C)C. The molecule has 2 aromatic rings. The van der Waals surface area contributed by atoms with Crippen molar-refractivity contribution in [3.63, 3.8) is 0 Å². The molecule has 2 heterocycles. The second-order valence-electron chi connectivity index (χ2n) is 21.3. The number of nitrogens with one attached hydrogen (secondary N) is 4. The summed E-state index contributed by atoms with van der Waals surface area (Å²) >= 11 is 1.49. The monoisotopic (exact) mass is 1100 g/mol. The number of aromatic nitrogens is 1. The van der Waals surface area contributed by atoms with E-state index in [2.05, 4.69) is 31.1 Å². The molecule has 6 amide bonds. The van der Waals surface area contributed by atoms with Gasteiger partial charge in [0, 0.05) is 58.8 Å². The zero-order valence-electron chi connectivity index (χ0n) is 47.8. The van der Waals surface area contributed by atoms with E-state index in [0.29, 0.717) is 51.7 Å². The van der Waals surface area contributed by atoms with Gasteiger partial charge in [0.05, 0.1) is 55.3 Å². The maximum atomic E-state index is 14.7. The quantitative estimate of drug-likeness (QED) is 0.0373. The largest absolute Gasteiger partial charge is 0.481 e. The van der Waals surface area contributed by atoms with Crippen molar-refractivity contribution in [3.05, 3.63) is 52.5 Å². The van der Waals surface area contributed by atoms with Gasteiger partial charge in [0.15, 0.2) is 0 Å². The fraction of sp³-hybridized carbons (Fsp3) is 0.714. The molecule has 7 N–H and O–H groups in total. The van der Waals surface area contributed by atoms with Crippen molar-refractivity contribution in [3.8, 4) is 0 Å². The minimum absolute atomic E-state index is 0.00481. The van der Waals surface area contributed by atoms with E-state index in [1.807, 2.05) is 101 Å². The Hall–Kier alpha value is -5.06. The third-order valence-corrected chi connectivity index (χ3v) is 15.8. The van der Waals surface area contributed by atoms with Crippen molar-refractivity contribution in [2.24, 2.45) is 29.6 Å². The van der Waals surface area contributed by atoms with Gasteiger partial charge in [0.25, 0.3) is 0 Å². The minimum Gasteiger partial charge on any atom is -0.481 e. The van der Waals surface area contributed by atoms with Gasteiger partial charge in [-0.05, 0) is 81.9 Å². The van der Waals surface area contributed by atoms with Crippen LogP contribution >= 0.6 is 11.3 Å². The number of nitrogens with two attached hydrogens (primary N) is 1. The van der Waals surface area contributed by atoms with Crippen molar-refractivity contribution in [2.45, 2.75) is 180 Å². The number of hydrogen-bond donors (Lipinski definition) is 6. The molecule has 1 aliphatic rings. The van der Waals surface area contributed by atoms with Crippen molar-refractivity contribution < 1.29 is 53.0 Å². The van der Waals surface area contributed by atoms with Crippen LogP contribution in [0.2, 0.25) is 0 Å². The summed E-state index contributed by atoms with van der Waals surface area (Å²) in [6.07, 6.45) is 6.32. The molecule has 0 bridgehead atoms. The van der Waals surface area contributed by atoms with Gasteiger partial charge in [-0.15, -0.1) is 11.3 Å². The van der Waals surface area contributed by atoms with Gasteiger partial charge >= 0.3 is 5.97 Å². The maximum absolute atomic E-state index is 14.7. The van der Waals surface area contributed by atoms with Crippen LogP contribution in [-0.4, -0.2) is 163 Å². The number of methoxy groups -OCH3 is 2. The molecule has 1 aliphatic heterocycles. The van der Waals surface area contributed by atoms with Crippen LogP contribution in [-0.2, 0) is 54.3 Å². The molecule has 0 aliphatic carbocycles. The number of carbonyl (C=O) groups excluding carboxylic acids is 6. The first-order chi connectivity index (χ1) is 36.7. The molecule has 1 fully saturated rings. The third-order valence-electron chi connectivity index (χ3n) is 14.9. The number of carboxylic acids is 1. The van der Waals surface area contributed by atoms with E-state index in [4.69, 9.17) is 20.5 Å². The molecule has 1 saturated heterocycles. The molecular formula is C56H93N9O11S. The lowest BCUT2D eigenvalue weighted by molar-refractivity contribution is -0.148. The van der Waals surface area contributed by atoms with E-state index < -0.39 is 60.1 Å². The summed E-state index contributed by atoms with van der Waals surface area (Å²) in [7, 11) is 6.77. The number of nitrogens with zero attached hydrogens (tertiary/aromatic N) is 4. The number of carboxylic acid groups (broad SMARTS) is 1. The van der Waals surface area contributed by atoms with E-state index in [9.17, 15) is 33.6 Å². The Morgan fingerprint density at radius 3 is 2.17 bits per heavy atom. The maximum Gasteiger partial charge on any atom is 0.303 e. The van der Waals surface area contributed by atoms with Crippen LogP contribution in [0.25, 0.3) is 0 Å². The number of ether oxygens (including phenoxy) is 2. The number of likely N-dealkylation sites (N-methyl/N-ethyl adjacent to an activating group) is 2. The van der Waals surface area contributed by atoms with E-state index in [1.54, 1.807) is 32.4 Å². The predicted molar refractivity (Wildman–Crippen MR) is 297 cm³/mol. The Kier molecular flexibility index (Phi) is 29.9. The Labute approximate surface area is 462 Å². The summed E-state index contributed by atoms with van der Waals surface area (Å²) in [5.41, 5.74) is 1.07. The van der Waals surface area contributed by atoms with Gasteiger partial charge in [0.1, 0.15) is 17.1 Å². The fourth-order valence-electron chi connectivity index (χ4n) is 10.5. The highest BCUT2D eigenvalue weighted by molar-refractivity contribution is 7.09. The lowest BCUT2D eigenvalue weighted by atomic mass is 9.89. The number of likely N-dealkylation sites (tertiary alicyclic amines) is 1. The van der Waals surface area contributed by atoms with Crippen LogP contribution in [0.4, 0.5) is 0 Å². The number of amides is 6. The van der Waals surface area contributed by atoms with E-state index >= 15 is 0 Å². The number of hydrogen-bond acceptors (Lipinski definition) is 14.